The Morgan fingerprint density at radius 3 is 2.74 bits per heavy atom. The monoisotopic (exact) mass is 258 g/mol. The summed E-state index contributed by atoms with van der Waals surface area (Å²) in [5, 5.41) is 12.6. The lowest BCUT2D eigenvalue weighted by Gasteiger charge is -2.02. The number of aryl methyl sites for hydroxylation is 1. The summed E-state index contributed by atoms with van der Waals surface area (Å²) >= 11 is 0. The Hall–Kier alpha value is -2.30. The van der Waals surface area contributed by atoms with Crippen LogP contribution in [0.4, 0.5) is 5.69 Å². The number of carbonyl (C=O) groups is 2. The third-order valence-electron chi connectivity index (χ3n) is 3.60. The van der Waals surface area contributed by atoms with Crippen molar-refractivity contribution in [2.24, 2.45) is 18.9 Å². The van der Waals surface area contributed by atoms with Crippen molar-refractivity contribution in [2.75, 3.05) is 5.32 Å². The van der Waals surface area contributed by atoms with Crippen LogP contribution in [0.2, 0.25) is 0 Å². The molecule has 5 nitrogen and oxygen atoms in total. The fraction of sp³-hybridized carbons (Fsp3) is 0.286. The Balaban J connectivity index is 1.83. The SMILES string of the molecule is Cn1cc(NC(=O)C2CC2C(=O)O)c2ccccc21. The second-order valence-electron chi connectivity index (χ2n) is 4.95. The number of amides is 1. The molecular weight excluding hydrogens is 244 g/mol. The smallest absolute Gasteiger partial charge is 0.307 e. The molecule has 1 aliphatic carbocycles. The number of nitrogens with one attached hydrogen (secondary N) is 1. The zero-order valence-corrected chi connectivity index (χ0v) is 10.5. The highest BCUT2D eigenvalue weighted by molar-refractivity contribution is 6.04. The number of anilines is 1. The van der Waals surface area contributed by atoms with Gasteiger partial charge in [0.05, 0.1) is 17.5 Å². The summed E-state index contributed by atoms with van der Waals surface area (Å²) in [5.74, 6) is -2.01. The van der Waals surface area contributed by atoms with Crippen molar-refractivity contribution in [3.8, 4) is 0 Å². The quantitative estimate of drug-likeness (QED) is 0.882. The van der Waals surface area contributed by atoms with Gasteiger partial charge in [-0.25, -0.2) is 0 Å². The predicted molar refractivity (Wildman–Crippen MR) is 70.8 cm³/mol. The Bertz CT molecular complexity index is 674. The van der Waals surface area contributed by atoms with Crippen LogP contribution in [0.5, 0.6) is 0 Å². The number of hydrogen-bond acceptors (Lipinski definition) is 2. The summed E-state index contributed by atoms with van der Waals surface area (Å²) in [6.45, 7) is 0. The number of aromatic nitrogens is 1. The van der Waals surface area contributed by atoms with E-state index in [0.29, 0.717) is 6.42 Å². The van der Waals surface area contributed by atoms with Gasteiger partial charge in [-0.05, 0) is 12.5 Å². The van der Waals surface area contributed by atoms with Crippen LogP contribution < -0.4 is 5.32 Å². The second kappa shape index (κ2) is 4.12. The van der Waals surface area contributed by atoms with Crippen molar-refractivity contribution in [3.05, 3.63) is 30.5 Å². The van der Waals surface area contributed by atoms with E-state index in [4.69, 9.17) is 5.11 Å². The highest BCUT2D eigenvalue weighted by Gasteiger charge is 2.48. The number of carboxylic acids is 1. The van der Waals surface area contributed by atoms with Gasteiger partial charge in [0.1, 0.15) is 0 Å². The normalized spacial score (nSPS) is 21.3. The van der Waals surface area contributed by atoms with Gasteiger partial charge in [-0.1, -0.05) is 18.2 Å². The van der Waals surface area contributed by atoms with Gasteiger partial charge in [0.2, 0.25) is 5.91 Å². The van der Waals surface area contributed by atoms with Gasteiger partial charge in [-0.15, -0.1) is 0 Å². The molecule has 0 bridgehead atoms. The van der Waals surface area contributed by atoms with Gasteiger partial charge in [-0.3, -0.25) is 9.59 Å². The zero-order valence-electron chi connectivity index (χ0n) is 10.5. The van der Waals surface area contributed by atoms with Gasteiger partial charge in [0.25, 0.3) is 0 Å². The molecule has 1 aliphatic rings. The van der Waals surface area contributed by atoms with E-state index in [2.05, 4.69) is 5.32 Å². The van der Waals surface area contributed by atoms with Gasteiger partial charge >= 0.3 is 5.97 Å². The van der Waals surface area contributed by atoms with Crippen LogP contribution in [0.15, 0.2) is 30.5 Å². The van der Waals surface area contributed by atoms with Crippen LogP contribution in [-0.2, 0) is 16.6 Å². The lowest BCUT2D eigenvalue weighted by molar-refractivity contribution is -0.139. The minimum atomic E-state index is -0.891. The third kappa shape index (κ3) is 1.97. The number of hydrogen-bond donors (Lipinski definition) is 2. The fourth-order valence-corrected chi connectivity index (χ4v) is 2.42. The Morgan fingerprint density at radius 2 is 2.05 bits per heavy atom. The molecule has 0 aliphatic heterocycles. The Morgan fingerprint density at radius 1 is 1.32 bits per heavy atom. The number of aliphatic carboxylic acids is 1. The molecule has 1 heterocycles. The van der Waals surface area contributed by atoms with E-state index in [9.17, 15) is 9.59 Å². The average Bonchev–Trinajstić information content (AvgIpc) is 3.13. The maximum absolute atomic E-state index is 12.0. The summed E-state index contributed by atoms with van der Waals surface area (Å²) < 4.78 is 1.94. The predicted octanol–water partition coefficient (Wildman–Crippen LogP) is 1.84. The van der Waals surface area contributed by atoms with Crippen molar-refractivity contribution in [2.45, 2.75) is 6.42 Å². The number of carbonyl (C=O) groups excluding carboxylic acids is 1. The van der Waals surface area contributed by atoms with Gasteiger partial charge in [0, 0.05) is 24.1 Å². The van der Waals surface area contributed by atoms with Crippen LogP contribution >= 0.6 is 0 Å². The molecule has 3 rings (SSSR count). The molecule has 0 radical (unpaired) electrons. The number of carboxylic acid groups (broad SMARTS) is 1. The molecule has 1 saturated carbocycles. The minimum absolute atomic E-state index is 0.205. The molecule has 0 saturated heterocycles. The van der Waals surface area contributed by atoms with E-state index < -0.39 is 17.8 Å². The molecule has 1 aromatic carbocycles. The van der Waals surface area contributed by atoms with E-state index in [0.717, 1.165) is 16.6 Å². The second-order valence-corrected chi connectivity index (χ2v) is 4.95. The van der Waals surface area contributed by atoms with E-state index in [1.807, 2.05) is 42.1 Å². The number of para-hydroxylation sites is 1. The molecule has 0 spiro atoms. The van der Waals surface area contributed by atoms with Crippen LogP contribution in [0, 0.1) is 11.8 Å². The maximum Gasteiger partial charge on any atom is 0.307 e. The highest BCUT2D eigenvalue weighted by atomic mass is 16.4. The molecule has 2 aromatic rings. The summed E-state index contributed by atoms with van der Waals surface area (Å²) in [7, 11) is 1.91. The average molecular weight is 258 g/mol. The summed E-state index contributed by atoms with van der Waals surface area (Å²) in [4.78, 5) is 22.7. The van der Waals surface area contributed by atoms with Crippen molar-refractivity contribution in [1.29, 1.82) is 0 Å². The minimum Gasteiger partial charge on any atom is -0.481 e. The summed E-state index contributed by atoms with van der Waals surface area (Å²) in [6.07, 6.45) is 2.28. The van der Waals surface area contributed by atoms with Crippen LogP contribution in [0.3, 0.4) is 0 Å². The van der Waals surface area contributed by atoms with Crippen LogP contribution in [0.1, 0.15) is 6.42 Å². The maximum atomic E-state index is 12.0. The van der Waals surface area contributed by atoms with Gasteiger partial charge < -0.3 is 15.0 Å². The standard InChI is InChI=1S/C14H14N2O3/c1-16-7-11(8-4-2-3-5-12(8)16)15-13(17)9-6-10(9)14(18)19/h2-5,7,9-10H,6H2,1H3,(H,15,17)(H,18,19). The van der Waals surface area contributed by atoms with E-state index in [1.165, 1.54) is 0 Å². The highest BCUT2D eigenvalue weighted by Crippen LogP contribution is 2.40. The molecule has 98 valence electrons. The van der Waals surface area contributed by atoms with Gasteiger partial charge in [-0.2, -0.15) is 0 Å². The molecule has 2 N–H and O–H groups in total. The van der Waals surface area contributed by atoms with Crippen molar-refractivity contribution >= 4 is 28.5 Å². The Kier molecular flexibility index (Phi) is 2.55. The topological polar surface area (TPSA) is 71.3 Å². The first-order valence-electron chi connectivity index (χ1n) is 6.15. The van der Waals surface area contributed by atoms with Crippen molar-refractivity contribution in [1.82, 2.24) is 4.57 Å². The van der Waals surface area contributed by atoms with Crippen molar-refractivity contribution in [3.63, 3.8) is 0 Å². The third-order valence-corrected chi connectivity index (χ3v) is 3.60. The molecule has 1 amide bonds. The number of nitrogens with zero attached hydrogens (tertiary/aromatic N) is 1. The lowest BCUT2D eigenvalue weighted by Crippen LogP contribution is -2.16. The first kappa shape index (κ1) is 11.8. The molecule has 1 fully saturated rings. The summed E-state index contributed by atoms with van der Waals surface area (Å²) in [6, 6.07) is 7.76. The molecular formula is C14H14N2O3. The molecule has 5 heteroatoms. The Labute approximate surface area is 109 Å². The van der Waals surface area contributed by atoms with Crippen LogP contribution in [0.25, 0.3) is 10.9 Å². The summed E-state index contributed by atoms with van der Waals surface area (Å²) in [5.41, 5.74) is 1.77. The number of benzene rings is 1. The lowest BCUT2D eigenvalue weighted by atomic mass is 10.2. The van der Waals surface area contributed by atoms with E-state index in [-0.39, 0.29) is 5.91 Å². The zero-order chi connectivity index (χ0) is 13.6. The largest absolute Gasteiger partial charge is 0.481 e. The molecule has 19 heavy (non-hydrogen) atoms. The van der Waals surface area contributed by atoms with Crippen molar-refractivity contribution < 1.29 is 14.7 Å². The van der Waals surface area contributed by atoms with Gasteiger partial charge in [0.15, 0.2) is 0 Å². The van der Waals surface area contributed by atoms with Crippen LogP contribution in [-0.4, -0.2) is 21.6 Å². The van der Waals surface area contributed by atoms with E-state index in [1.54, 1.807) is 0 Å². The number of fused-ring (bicyclic) bond motifs is 1. The fourth-order valence-electron chi connectivity index (χ4n) is 2.42. The molecule has 2 atom stereocenters. The first-order chi connectivity index (χ1) is 9.08. The first-order valence-corrected chi connectivity index (χ1v) is 6.15. The van der Waals surface area contributed by atoms with E-state index >= 15 is 0 Å². The molecule has 2 unspecified atom stereocenters. The molecule has 1 aromatic heterocycles. The number of rotatable bonds is 3.